The molecule has 1 aromatic carbocycles. The molecular weight excluding hydrogens is 372 g/mol. The minimum Gasteiger partial charge on any atom is -0.506 e. The Labute approximate surface area is 148 Å². The van der Waals surface area contributed by atoms with Crippen molar-refractivity contribution < 1.29 is 18.3 Å². The fourth-order valence-electron chi connectivity index (χ4n) is 2.49. The Balaban J connectivity index is 1.69. The van der Waals surface area contributed by atoms with Crippen LogP contribution in [0.5, 0.6) is 5.75 Å². The number of aromatic hydroxyl groups is 1. The molecule has 1 fully saturated rings. The molecule has 0 aliphatic carbocycles. The van der Waals surface area contributed by atoms with Gasteiger partial charge in [-0.2, -0.15) is 4.31 Å². The molecule has 0 radical (unpaired) electrons. The Morgan fingerprint density at radius 2 is 1.88 bits per heavy atom. The van der Waals surface area contributed by atoms with Gasteiger partial charge in [0.15, 0.2) is 0 Å². The quantitative estimate of drug-likeness (QED) is 0.877. The van der Waals surface area contributed by atoms with Crippen molar-refractivity contribution in [1.29, 1.82) is 0 Å². The number of phenolic OH excluding ortho intramolecular Hbond substituents is 1. The van der Waals surface area contributed by atoms with Crippen LogP contribution in [-0.2, 0) is 10.0 Å². The number of thiophene rings is 1. The molecule has 0 saturated carbocycles. The molecule has 1 N–H and O–H groups in total. The molecule has 3 rings (SSSR count). The second kappa shape index (κ2) is 6.72. The average Bonchev–Trinajstić information content (AvgIpc) is 3.12. The Morgan fingerprint density at radius 3 is 2.46 bits per heavy atom. The van der Waals surface area contributed by atoms with E-state index >= 15 is 0 Å². The van der Waals surface area contributed by atoms with Crippen molar-refractivity contribution in [2.75, 3.05) is 26.2 Å². The SMILES string of the molecule is O=C(c1ccc(O)c(Cl)c1)N1CCN(S(=O)(=O)c2cccs2)CC1. The van der Waals surface area contributed by atoms with Crippen LogP contribution >= 0.6 is 22.9 Å². The Morgan fingerprint density at radius 1 is 1.17 bits per heavy atom. The van der Waals surface area contributed by atoms with Gasteiger partial charge in [0, 0.05) is 31.7 Å². The summed E-state index contributed by atoms with van der Waals surface area (Å²) in [4.78, 5) is 14.1. The maximum absolute atomic E-state index is 12.5. The number of phenols is 1. The normalized spacial score (nSPS) is 16.3. The van der Waals surface area contributed by atoms with Gasteiger partial charge in [0.2, 0.25) is 0 Å². The van der Waals surface area contributed by atoms with Crippen LogP contribution < -0.4 is 0 Å². The molecule has 1 aliphatic rings. The van der Waals surface area contributed by atoms with Crippen LogP contribution in [0.3, 0.4) is 0 Å². The smallest absolute Gasteiger partial charge is 0.253 e. The highest BCUT2D eigenvalue weighted by atomic mass is 35.5. The number of carbonyl (C=O) groups is 1. The Bertz CT molecular complexity index is 844. The lowest BCUT2D eigenvalue weighted by atomic mass is 10.2. The molecular formula is C15H15ClN2O4S2. The van der Waals surface area contributed by atoms with Gasteiger partial charge < -0.3 is 10.0 Å². The van der Waals surface area contributed by atoms with Crippen LogP contribution in [0, 0.1) is 0 Å². The van der Waals surface area contributed by atoms with Crippen molar-refractivity contribution in [3.05, 3.63) is 46.3 Å². The van der Waals surface area contributed by atoms with Gasteiger partial charge in [-0.3, -0.25) is 4.79 Å². The van der Waals surface area contributed by atoms with E-state index in [0.717, 1.165) is 0 Å². The number of nitrogens with zero attached hydrogens (tertiary/aromatic N) is 2. The number of hydrogen-bond donors (Lipinski definition) is 1. The van der Waals surface area contributed by atoms with Crippen LogP contribution in [0.2, 0.25) is 5.02 Å². The lowest BCUT2D eigenvalue weighted by Gasteiger charge is -2.33. The van der Waals surface area contributed by atoms with E-state index in [-0.39, 0.29) is 29.8 Å². The average molecular weight is 387 g/mol. The molecule has 1 saturated heterocycles. The predicted molar refractivity (Wildman–Crippen MR) is 92.1 cm³/mol. The van der Waals surface area contributed by atoms with Crippen molar-refractivity contribution in [2.45, 2.75) is 4.21 Å². The first-order valence-corrected chi connectivity index (χ1v) is 9.91. The second-order valence-electron chi connectivity index (χ2n) is 5.29. The zero-order valence-electron chi connectivity index (χ0n) is 12.6. The van der Waals surface area contributed by atoms with E-state index < -0.39 is 10.0 Å². The van der Waals surface area contributed by atoms with Crippen LogP contribution in [-0.4, -0.2) is 54.8 Å². The van der Waals surface area contributed by atoms with Crippen LogP contribution in [0.25, 0.3) is 0 Å². The number of carbonyl (C=O) groups excluding carboxylic acids is 1. The third kappa shape index (κ3) is 3.27. The van der Waals surface area contributed by atoms with E-state index in [1.54, 1.807) is 22.4 Å². The molecule has 0 spiro atoms. The fourth-order valence-corrected chi connectivity index (χ4v) is 5.24. The third-order valence-corrected chi connectivity index (χ3v) is 7.38. The number of rotatable bonds is 3. The summed E-state index contributed by atoms with van der Waals surface area (Å²) in [6.07, 6.45) is 0. The van der Waals surface area contributed by atoms with Crippen LogP contribution in [0.1, 0.15) is 10.4 Å². The maximum atomic E-state index is 12.5. The number of amides is 1. The van der Waals surface area contributed by atoms with E-state index in [9.17, 15) is 18.3 Å². The summed E-state index contributed by atoms with van der Waals surface area (Å²) in [5.41, 5.74) is 0.368. The van der Waals surface area contributed by atoms with E-state index in [4.69, 9.17) is 11.6 Å². The number of piperazine rings is 1. The summed E-state index contributed by atoms with van der Waals surface area (Å²) in [5.74, 6) is -0.315. The van der Waals surface area contributed by atoms with Gasteiger partial charge in [-0.1, -0.05) is 17.7 Å². The zero-order valence-corrected chi connectivity index (χ0v) is 14.9. The standard InChI is InChI=1S/C15H15ClN2O4S2/c16-12-10-11(3-4-13(12)19)15(20)17-5-7-18(8-6-17)24(21,22)14-2-1-9-23-14/h1-4,9-10,19H,5-8H2. The molecule has 0 bridgehead atoms. The molecule has 1 aromatic heterocycles. The monoisotopic (exact) mass is 386 g/mol. The summed E-state index contributed by atoms with van der Waals surface area (Å²) in [5, 5.41) is 11.3. The van der Waals surface area contributed by atoms with Gasteiger partial charge >= 0.3 is 0 Å². The molecule has 9 heteroatoms. The highest BCUT2D eigenvalue weighted by Crippen LogP contribution is 2.25. The van der Waals surface area contributed by atoms with Crippen molar-refractivity contribution in [3.63, 3.8) is 0 Å². The summed E-state index contributed by atoms with van der Waals surface area (Å²) < 4.78 is 26.6. The number of hydrogen-bond acceptors (Lipinski definition) is 5. The molecule has 24 heavy (non-hydrogen) atoms. The first-order chi connectivity index (χ1) is 11.4. The van der Waals surface area contributed by atoms with Crippen molar-refractivity contribution >= 4 is 38.9 Å². The largest absolute Gasteiger partial charge is 0.506 e. The van der Waals surface area contributed by atoms with E-state index in [1.807, 2.05) is 0 Å². The topological polar surface area (TPSA) is 77.9 Å². The van der Waals surface area contributed by atoms with Crippen LogP contribution in [0.4, 0.5) is 0 Å². The molecule has 2 aromatic rings. The van der Waals surface area contributed by atoms with Gasteiger partial charge in [-0.15, -0.1) is 11.3 Å². The number of sulfonamides is 1. The highest BCUT2D eigenvalue weighted by Gasteiger charge is 2.31. The maximum Gasteiger partial charge on any atom is 0.253 e. The fraction of sp³-hybridized carbons (Fsp3) is 0.267. The summed E-state index contributed by atoms with van der Waals surface area (Å²) in [6, 6.07) is 7.56. The lowest BCUT2D eigenvalue weighted by molar-refractivity contribution is 0.0698. The molecule has 0 atom stereocenters. The van der Waals surface area contributed by atoms with Gasteiger partial charge in [0.1, 0.15) is 9.96 Å². The van der Waals surface area contributed by atoms with Gasteiger partial charge in [0.25, 0.3) is 15.9 Å². The first-order valence-electron chi connectivity index (χ1n) is 7.21. The third-order valence-electron chi connectivity index (χ3n) is 3.81. The highest BCUT2D eigenvalue weighted by molar-refractivity contribution is 7.91. The minimum atomic E-state index is -3.49. The van der Waals surface area contributed by atoms with E-state index in [0.29, 0.717) is 22.9 Å². The first kappa shape index (κ1) is 17.2. The molecule has 0 unspecified atom stereocenters. The molecule has 2 heterocycles. The summed E-state index contributed by atoms with van der Waals surface area (Å²) >= 11 is 7.01. The predicted octanol–water partition coefficient (Wildman–Crippen LogP) is 2.25. The molecule has 6 nitrogen and oxygen atoms in total. The minimum absolute atomic E-state index is 0.0833. The number of benzene rings is 1. The summed E-state index contributed by atoms with van der Waals surface area (Å²) in [6.45, 7) is 1.11. The van der Waals surface area contributed by atoms with E-state index in [1.165, 1.54) is 33.8 Å². The molecule has 1 aliphatic heterocycles. The number of halogens is 1. The lowest BCUT2D eigenvalue weighted by Crippen LogP contribution is -2.50. The Hall–Kier alpha value is -1.61. The molecule has 128 valence electrons. The second-order valence-corrected chi connectivity index (χ2v) is 8.81. The van der Waals surface area contributed by atoms with Gasteiger partial charge in [-0.05, 0) is 29.6 Å². The van der Waals surface area contributed by atoms with Crippen LogP contribution in [0.15, 0.2) is 39.9 Å². The molecule has 1 amide bonds. The Kier molecular flexibility index (Phi) is 4.82. The zero-order chi connectivity index (χ0) is 17.3. The summed E-state index contributed by atoms with van der Waals surface area (Å²) in [7, 11) is -3.49. The van der Waals surface area contributed by atoms with E-state index in [2.05, 4.69) is 0 Å². The van der Waals surface area contributed by atoms with Crippen molar-refractivity contribution in [3.8, 4) is 5.75 Å². The van der Waals surface area contributed by atoms with Gasteiger partial charge in [0.05, 0.1) is 5.02 Å². The van der Waals surface area contributed by atoms with Gasteiger partial charge in [-0.25, -0.2) is 8.42 Å². The van der Waals surface area contributed by atoms with Crippen molar-refractivity contribution in [2.24, 2.45) is 0 Å². The van der Waals surface area contributed by atoms with Crippen molar-refractivity contribution in [1.82, 2.24) is 9.21 Å².